The maximum Gasteiger partial charge on any atom is 0.256 e. The molecule has 1 heterocycles. The molecule has 3 nitrogen and oxygen atoms in total. The number of rotatable bonds is 3. The molecule has 0 unspecified atom stereocenters. The Morgan fingerprint density at radius 1 is 0.833 bits per heavy atom. The number of nitrogens with zero attached hydrogens (tertiary/aromatic N) is 1. The smallest absolute Gasteiger partial charge is 0.256 e. The summed E-state index contributed by atoms with van der Waals surface area (Å²) in [5, 5.41) is 3.94. The lowest BCUT2D eigenvalue weighted by molar-refractivity contribution is 0.102. The van der Waals surface area contributed by atoms with Crippen molar-refractivity contribution in [2.45, 2.75) is 27.7 Å². The fourth-order valence-electron chi connectivity index (χ4n) is 3.65. The molecule has 0 aliphatic carbocycles. The average Bonchev–Trinajstić information content (AvgIpc) is 2.70. The third-order valence-electron chi connectivity index (χ3n) is 5.40. The van der Waals surface area contributed by atoms with Crippen LogP contribution in [0.2, 0.25) is 0 Å². The molecule has 0 atom stereocenters. The van der Waals surface area contributed by atoms with E-state index in [0.29, 0.717) is 5.56 Å². The lowest BCUT2D eigenvalue weighted by Gasteiger charge is -2.14. The van der Waals surface area contributed by atoms with E-state index in [1.807, 2.05) is 75.4 Å². The zero-order valence-electron chi connectivity index (χ0n) is 17.5. The molecule has 1 amide bonds. The van der Waals surface area contributed by atoms with E-state index in [4.69, 9.17) is 4.98 Å². The van der Waals surface area contributed by atoms with Crippen LogP contribution in [0, 0.1) is 27.7 Å². The van der Waals surface area contributed by atoms with Crippen LogP contribution in [0.3, 0.4) is 0 Å². The predicted molar refractivity (Wildman–Crippen MR) is 128 cm³/mol. The van der Waals surface area contributed by atoms with Gasteiger partial charge in [0, 0.05) is 21.1 Å². The van der Waals surface area contributed by atoms with Crippen molar-refractivity contribution in [3.63, 3.8) is 0 Å². The second-order valence-electron chi connectivity index (χ2n) is 7.79. The third-order valence-corrected chi connectivity index (χ3v) is 5.93. The number of fused-ring (bicyclic) bond motifs is 1. The van der Waals surface area contributed by atoms with E-state index in [2.05, 4.69) is 34.2 Å². The van der Waals surface area contributed by atoms with Gasteiger partial charge in [-0.1, -0.05) is 45.8 Å². The first-order chi connectivity index (χ1) is 14.3. The quantitative estimate of drug-likeness (QED) is 0.354. The van der Waals surface area contributed by atoms with Crippen molar-refractivity contribution in [3.8, 4) is 11.3 Å². The van der Waals surface area contributed by atoms with Crippen LogP contribution >= 0.6 is 15.9 Å². The first-order valence-corrected chi connectivity index (χ1v) is 10.7. The molecule has 30 heavy (non-hydrogen) atoms. The van der Waals surface area contributed by atoms with Gasteiger partial charge in [0.05, 0.1) is 16.8 Å². The highest BCUT2D eigenvalue weighted by Crippen LogP contribution is 2.29. The molecule has 0 saturated heterocycles. The van der Waals surface area contributed by atoms with Gasteiger partial charge in [-0.3, -0.25) is 4.79 Å². The van der Waals surface area contributed by atoms with E-state index in [0.717, 1.165) is 49.0 Å². The summed E-state index contributed by atoms with van der Waals surface area (Å²) in [6.07, 6.45) is 0. The summed E-state index contributed by atoms with van der Waals surface area (Å²) in [6.45, 7) is 8.19. The topological polar surface area (TPSA) is 42.0 Å². The second kappa shape index (κ2) is 8.04. The Morgan fingerprint density at radius 2 is 1.57 bits per heavy atom. The van der Waals surface area contributed by atoms with Crippen LogP contribution in [0.1, 0.15) is 32.6 Å². The molecule has 1 N–H and O–H groups in total. The number of pyridine rings is 1. The number of aromatic nitrogens is 1. The molecule has 0 radical (unpaired) electrons. The van der Waals surface area contributed by atoms with Gasteiger partial charge < -0.3 is 5.32 Å². The van der Waals surface area contributed by atoms with Crippen molar-refractivity contribution in [2.24, 2.45) is 0 Å². The molecule has 0 aliphatic heterocycles. The van der Waals surface area contributed by atoms with E-state index in [1.165, 1.54) is 5.56 Å². The molecule has 1 aromatic heterocycles. The highest BCUT2D eigenvalue weighted by molar-refractivity contribution is 9.10. The molecule has 0 aliphatic rings. The largest absolute Gasteiger partial charge is 0.322 e. The number of nitrogens with one attached hydrogen (secondary N) is 1. The number of carbonyl (C=O) groups excluding carboxylic acids is 1. The monoisotopic (exact) mass is 458 g/mol. The van der Waals surface area contributed by atoms with Gasteiger partial charge in [0.1, 0.15) is 0 Å². The molecule has 0 fully saturated rings. The maximum atomic E-state index is 13.3. The SMILES string of the molecule is Cc1cc(C)c2nc(-c3ccc(Br)cc3)cc(C(=O)Nc3ccc(C)c(C)c3)c2c1. The Hall–Kier alpha value is -2.98. The van der Waals surface area contributed by atoms with Crippen LogP contribution in [-0.2, 0) is 0 Å². The van der Waals surface area contributed by atoms with Crippen molar-refractivity contribution in [3.05, 3.63) is 93.0 Å². The Bertz CT molecular complexity index is 1280. The summed E-state index contributed by atoms with van der Waals surface area (Å²) in [5.74, 6) is -0.131. The van der Waals surface area contributed by atoms with Crippen molar-refractivity contribution >= 4 is 38.4 Å². The van der Waals surface area contributed by atoms with Crippen LogP contribution in [0.5, 0.6) is 0 Å². The van der Waals surface area contributed by atoms with Crippen LogP contribution < -0.4 is 5.32 Å². The van der Waals surface area contributed by atoms with Crippen LogP contribution in [0.15, 0.2) is 65.1 Å². The molecule has 4 rings (SSSR count). The Kier molecular flexibility index (Phi) is 5.44. The van der Waals surface area contributed by atoms with Gasteiger partial charge in [0.15, 0.2) is 0 Å². The molecule has 150 valence electrons. The van der Waals surface area contributed by atoms with Crippen LogP contribution in [0.4, 0.5) is 5.69 Å². The van der Waals surface area contributed by atoms with Crippen LogP contribution in [-0.4, -0.2) is 10.9 Å². The first-order valence-electron chi connectivity index (χ1n) is 9.88. The van der Waals surface area contributed by atoms with Gasteiger partial charge in [0.2, 0.25) is 0 Å². The summed E-state index contributed by atoms with van der Waals surface area (Å²) in [5.41, 5.74) is 8.55. The first kappa shape index (κ1) is 20.3. The number of aryl methyl sites for hydroxylation is 4. The third kappa shape index (κ3) is 4.01. The summed E-state index contributed by atoms with van der Waals surface area (Å²) in [6, 6.07) is 20.0. The number of anilines is 1. The molecular formula is C26H23BrN2O. The van der Waals surface area contributed by atoms with E-state index in [9.17, 15) is 4.79 Å². The lowest BCUT2D eigenvalue weighted by atomic mass is 9.99. The minimum atomic E-state index is -0.131. The zero-order valence-corrected chi connectivity index (χ0v) is 19.1. The number of hydrogen-bond donors (Lipinski definition) is 1. The summed E-state index contributed by atoms with van der Waals surface area (Å²) in [7, 11) is 0. The van der Waals surface area contributed by atoms with E-state index in [-0.39, 0.29) is 5.91 Å². The molecule has 0 bridgehead atoms. The minimum Gasteiger partial charge on any atom is -0.322 e. The number of amides is 1. The van der Waals surface area contributed by atoms with Gasteiger partial charge >= 0.3 is 0 Å². The lowest BCUT2D eigenvalue weighted by Crippen LogP contribution is -2.13. The molecule has 4 aromatic rings. The second-order valence-corrected chi connectivity index (χ2v) is 8.71. The van der Waals surface area contributed by atoms with Gasteiger partial charge in [-0.2, -0.15) is 0 Å². The number of halogens is 1. The van der Waals surface area contributed by atoms with Crippen molar-refractivity contribution in [2.75, 3.05) is 5.32 Å². The Morgan fingerprint density at radius 3 is 2.27 bits per heavy atom. The molecule has 4 heteroatoms. The van der Waals surface area contributed by atoms with Crippen molar-refractivity contribution < 1.29 is 4.79 Å². The summed E-state index contributed by atoms with van der Waals surface area (Å²) < 4.78 is 1.01. The fourth-order valence-corrected chi connectivity index (χ4v) is 3.92. The van der Waals surface area contributed by atoms with Crippen molar-refractivity contribution in [1.82, 2.24) is 4.98 Å². The number of carbonyl (C=O) groups is 1. The molecule has 3 aromatic carbocycles. The van der Waals surface area contributed by atoms with E-state index >= 15 is 0 Å². The Balaban J connectivity index is 1.86. The predicted octanol–water partition coefficient (Wildman–Crippen LogP) is 7.15. The molecular weight excluding hydrogens is 436 g/mol. The fraction of sp³-hybridized carbons (Fsp3) is 0.154. The zero-order chi connectivity index (χ0) is 21.4. The number of hydrogen-bond acceptors (Lipinski definition) is 2. The number of benzene rings is 3. The summed E-state index contributed by atoms with van der Waals surface area (Å²) in [4.78, 5) is 18.2. The van der Waals surface area contributed by atoms with E-state index < -0.39 is 0 Å². The molecule has 0 saturated carbocycles. The standard InChI is InChI=1S/C26H23BrN2O/c1-15-11-18(4)25-22(12-15)23(14-24(29-25)19-6-8-20(27)9-7-19)26(30)28-21-10-5-16(2)17(3)13-21/h5-14H,1-4H3,(H,28,30). The van der Waals surface area contributed by atoms with Gasteiger partial charge in [-0.15, -0.1) is 0 Å². The Labute approximate surface area is 185 Å². The van der Waals surface area contributed by atoms with Gasteiger partial charge in [0.25, 0.3) is 5.91 Å². The minimum absolute atomic E-state index is 0.131. The van der Waals surface area contributed by atoms with Gasteiger partial charge in [-0.25, -0.2) is 4.98 Å². The molecule has 0 spiro atoms. The average molecular weight is 459 g/mol. The van der Waals surface area contributed by atoms with E-state index in [1.54, 1.807) is 0 Å². The summed E-state index contributed by atoms with van der Waals surface area (Å²) >= 11 is 3.48. The van der Waals surface area contributed by atoms with Crippen LogP contribution in [0.25, 0.3) is 22.2 Å². The highest BCUT2D eigenvalue weighted by atomic mass is 79.9. The normalized spacial score (nSPS) is 11.0. The van der Waals surface area contributed by atoms with Crippen molar-refractivity contribution in [1.29, 1.82) is 0 Å². The maximum absolute atomic E-state index is 13.3. The van der Waals surface area contributed by atoms with Gasteiger partial charge in [-0.05, 0) is 80.8 Å². The highest BCUT2D eigenvalue weighted by Gasteiger charge is 2.16.